The van der Waals surface area contributed by atoms with Gasteiger partial charge in [-0.1, -0.05) is 64.4 Å². The molecule has 0 bridgehead atoms. The number of nitrogens with one attached hydrogen (secondary N) is 8. The Balaban J connectivity index is 1.90. The van der Waals surface area contributed by atoms with Gasteiger partial charge in [-0.2, -0.15) is 0 Å². The summed E-state index contributed by atoms with van der Waals surface area (Å²) in [5.74, 6) is -9.04. The number of likely N-dealkylation sites (tertiary alicyclic amines) is 1. The fraction of sp³-hybridized carbons (Fsp3) is 0.628. The number of carboxylic acids is 1. The molecule has 0 unspecified atom stereocenters. The zero-order chi connectivity index (χ0) is 49.8. The Labute approximate surface area is 383 Å². The van der Waals surface area contributed by atoms with Crippen LogP contribution in [0.15, 0.2) is 30.3 Å². The third-order valence-corrected chi connectivity index (χ3v) is 10.8. The molecule has 0 spiro atoms. The Bertz CT molecular complexity index is 1870. The van der Waals surface area contributed by atoms with E-state index in [1.807, 2.05) is 30.3 Å². The Morgan fingerprint density at radius 3 is 1.86 bits per heavy atom. The molecule has 0 saturated carbocycles. The molecular weight excluding hydrogens is 865 g/mol. The fourth-order valence-corrected chi connectivity index (χ4v) is 6.84. The summed E-state index contributed by atoms with van der Waals surface area (Å²) in [5, 5.41) is 48.5. The minimum Gasteiger partial charge on any atom is -0.480 e. The quantitative estimate of drug-likeness (QED) is 0.0425. The Kier molecular flexibility index (Phi) is 23.1. The summed E-state index contributed by atoms with van der Waals surface area (Å²) >= 11 is 0. The predicted octanol–water partition coefficient (Wildman–Crippen LogP) is -3.72. The van der Waals surface area contributed by atoms with Crippen LogP contribution in [0.2, 0.25) is 0 Å². The van der Waals surface area contributed by atoms with Gasteiger partial charge in [-0.25, -0.2) is 4.79 Å². The molecule has 10 atom stereocenters. The van der Waals surface area contributed by atoms with Crippen LogP contribution in [0.25, 0.3) is 0 Å². The maximum atomic E-state index is 13.3. The van der Waals surface area contributed by atoms with Crippen molar-refractivity contribution in [2.24, 2.45) is 17.6 Å². The van der Waals surface area contributed by atoms with Crippen LogP contribution in [-0.4, -0.2) is 160 Å². The second-order valence-electron chi connectivity index (χ2n) is 16.9. The van der Waals surface area contributed by atoms with Gasteiger partial charge in [0.15, 0.2) is 0 Å². The highest BCUT2D eigenvalue weighted by molar-refractivity contribution is 5.97. The van der Waals surface area contributed by atoms with Crippen LogP contribution in [0.3, 0.4) is 0 Å². The van der Waals surface area contributed by atoms with E-state index in [2.05, 4.69) is 42.5 Å². The van der Waals surface area contributed by atoms with E-state index >= 15 is 0 Å². The largest absolute Gasteiger partial charge is 0.480 e. The van der Waals surface area contributed by atoms with E-state index in [1.165, 1.54) is 25.7 Å². The van der Waals surface area contributed by atoms with Gasteiger partial charge in [-0.05, 0) is 63.9 Å². The molecule has 1 aromatic carbocycles. The summed E-state index contributed by atoms with van der Waals surface area (Å²) in [7, 11) is 0. The topological polar surface area (TPSA) is 357 Å². The summed E-state index contributed by atoms with van der Waals surface area (Å²) < 4.78 is 0. The van der Waals surface area contributed by atoms with Crippen molar-refractivity contribution in [3.63, 3.8) is 0 Å². The van der Waals surface area contributed by atoms with Crippen molar-refractivity contribution in [2.75, 3.05) is 26.2 Å². The number of hydrogen-bond donors (Lipinski definition) is 12. The monoisotopic (exact) mass is 932 g/mol. The summed E-state index contributed by atoms with van der Waals surface area (Å²) in [4.78, 5) is 130. The third-order valence-electron chi connectivity index (χ3n) is 10.8. The van der Waals surface area contributed by atoms with Crippen molar-refractivity contribution < 1.29 is 63.3 Å². The van der Waals surface area contributed by atoms with Gasteiger partial charge in [0.05, 0.1) is 31.8 Å². The fourth-order valence-electron chi connectivity index (χ4n) is 6.84. The van der Waals surface area contributed by atoms with Crippen molar-refractivity contribution >= 4 is 59.1 Å². The molecule has 23 heteroatoms. The first-order valence-corrected chi connectivity index (χ1v) is 22.0. The highest BCUT2D eigenvalue weighted by atomic mass is 16.4. The van der Waals surface area contributed by atoms with E-state index in [-0.39, 0.29) is 18.8 Å². The van der Waals surface area contributed by atoms with Crippen LogP contribution in [0.4, 0.5) is 0 Å². The van der Waals surface area contributed by atoms with Gasteiger partial charge in [-0.15, -0.1) is 0 Å². The Morgan fingerprint density at radius 2 is 1.29 bits per heavy atom. The molecule has 1 aliphatic heterocycles. The number of nitrogens with two attached hydrogens (primary N) is 1. The van der Waals surface area contributed by atoms with Crippen molar-refractivity contribution in [2.45, 2.75) is 135 Å². The van der Waals surface area contributed by atoms with Gasteiger partial charge in [-0.3, -0.25) is 43.2 Å². The smallest absolute Gasteiger partial charge is 0.326 e. The number of rotatable bonds is 26. The molecule has 1 fully saturated rings. The second kappa shape index (κ2) is 27.3. The van der Waals surface area contributed by atoms with Gasteiger partial charge in [0.25, 0.3) is 0 Å². The first kappa shape index (κ1) is 55.9. The van der Waals surface area contributed by atoms with Gasteiger partial charge >= 0.3 is 5.97 Å². The molecule has 0 aliphatic carbocycles. The minimum absolute atomic E-state index is 0.0959. The molecule has 0 aromatic heterocycles. The highest BCUT2D eigenvalue weighted by Gasteiger charge is 2.37. The number of amides is 9. The van der Waals surface area contributed by atoms with Gasteiger partial charge in [0.2, 0.25) is 53.2 Å². The maximum absolute atomic E-state index is 13.3. The molecular formula is C43H68N10O13. The van der Waals surface area contributed by atoms with E-state index in [4.69, 9.17) is 5.73 Å². The van der Waals surface area contributed by atoms with Gasteiger partial charge in [0, 0.05) is 6.54 Å². The van der Waals surface area contributed by atoms with Crippen LogP contribution in [0.1, 0.15) is 79.7 Å². The van der Waals surface area contributed by atoms with Crippen LogP contribution in [0.5, 0.6) is 0 Å². The van der Waals surface area contributed by atoms with Crippen LogP contribution < -0.4 is 48.3 Å². The average molecular weight is 933 g/mol. The van der Waals surface area contributed by atoms with Crippen molar-refractivity contribution in [3.8, 4) is 0 Å². The zero-order valence-electron chi connectivity index (χ0n) is 38.6. The normalized spacial score (nSPS) is 17.5. The number of aliphatic hydroxyl groups excluding tert-OH is 2. The van der Waals surface area contributed by atoms with Crippen molar-refractivity contribution in [3.05, 3.63) is 35.9 Å². The molecule has 23 nitrogen and oxygen atoms in total. The molecule has 9 amide bonds. The van der Waals surface area contributed by atoms with E-state index in [1.54, 1.807) is 27.7 Å². The van der Waals surface area contributed by atoms with Crippen LogP contribution in [0, 0.1) is 11.8 Å². The molecule has 1 saturated heterocycles. The van der Waals surface area contributed by atoms with Crippen LogP contribution >= 0.6 is 0 Å². The number of nitrogens with zero attached hydrogens (tertiary/aromatic N) is 1. The highest BCUT2D eigenvalue weighted by Crippen LogP contribution is 2.19. The number of carboxylic acid groups (broad SMARTS) is 1. The molecule has 66 heavy (non-hydrogen) atoms. The number of aliphatic hydroxyl groups is 2. The van der Waals surface area contributed by atoms with E-state index in [0.717, 1.165) is 5.56 Å². The lowest BCUT2D eigenvalue weighted by Crippen LogP contribution is -2.59. The molecule has 0 radical (unpaired) electrons. The number of carbonyl (C=O) groups excluding carboxylic acids is 9. The molecule has 1 aromatic rings. The first-order valence-electron chi connectivity index (χ1n) is 22.0. The zero-order valence-corrected chi connectivity index (χ0v) is 38.6. The average Bonchev–Trinajstić information content (AvgIpc) is 3.76. The SMILES string of the molecule is CC[C@H](C)[C@H](NC(=O)[C@@H](NC(=O)[C@H](C)NC(=O)CNC(=O)[C@H](C)NC(=O)[C@H](CO)NC(=O)[C@H](CC(C)C)NC(=O)CNC(=O)[C@@H]1CCCN1C(=O)[C@@H](N)Cc1ccccc1)[C@@H](C)O)C(=O)O. The Hall–Kier alpha value is -6.20. The van der Waals surface area contributed by atoms with Crippen molar-refractivity contribution in [1.29, 1.82) is 0 Å². The third kappa shape index (κ3) is 18.0. The predicted molar refractivity (Wildman–Crippen MR) is 237 cm³/mol. The molecule has 13 N–H and O–H groups in total. The van der Waals surface area contributed by atoms with Gasteiger partial charge < -0.3 is 68.5 Å². The first-order chi connectivity index (χ1) is 31.0. The second-order valence-corrected chi connectivity index (χ2v) is 16.9. The Morgan fingerprint density at radius 1 is 0.712 bits per heavy atom. The van der Waals surface area contributed by atoms with E-state index < -0.39 is 139 Å². The number of carbonyl (C=O) groups is 10. The number of benzene rings is 1. The molecule has 2 rings (SSSR count). The summed E-state index contributed by atoms with van der Waals surface area (Å²) in [6, 6.07) is -0.775. The summed E-state index contributed by atoms with van der Waals surface area (Å²) in [5.41, 5.74) is 7.06. The molecule has 1 aliphatic rings. The molecule has 368 valence electrons. The summed E-state index contributed by atoms with van der Waals surface area (Å²) in [6.45, 7) is 8.80. The van der Waals surface area contributed by atoms with E-state index in [0.29, 0.717) is 25.8 Å². The number of aliphatic carboxylic acids is 1. The van der Waals surface area contributed by atoms with Crippen molar-refractivity contribution in [1.82, 2.24) is 47.4 Å². The maximum Gasteiger partial charge on any atom is 0.326 e. The minimum atomic E-state index is -1.58. The lowest BCUT2D eigenvalue weighted by Gasteiger charge is -2.27. The lowest BCUT2D eigenvalue weighted by molar-refractivity contribution is -0.144. The van der Waals surface area contributed by atoms with Crippen LogP contribution in [-0.2, 0) is 54.4 Å². The standard InChI is InChI=1S/C43H68N10O13/c1-8-23(4)34(43(65)66)51-41(63)35(26(7)55)52-37(59)25(6)47-32(56)19-45-36(58)24(5)48-39(61)30(21-54)50-38(60)29(17-22(2)3)49-33(57)20-46-40(62)31-15-12-16-53(31)42(64)28(44)18-27-13-10-9-11-14-27/h9-11,13-14,22-26,28-31,34-35,54-55H,8,12,15-21,44H2,1-7H3,(H,45,58)(H,46,62)(H,47,56)(H,48,61)(H,49,57)(H,50,60)(H,51,63)(H,52,59)(H,65,66)/t23-,24-,25-,26+,28-,29-,30-,31-,34-,35-/m0/s1. The number of hydrogen-bond acceptors (Lipinski definition) is 13. The van der Waals surface area contributed by atoms with Gasteiger partial charge in [0.1, 0.15) is 42.3 Å². The summed E-state index contributed by atoms with van der Waals surface area (Å²) in [6.07, 6.45) is 0.276. The van der Waals surface area contributed by atoms with E-state index in [9.17, 15) is 63.3 Å². The molecule has 1 heterocycles. The lowest BCUT2D eigenvalue weighted by atomic mass is 9.98.